The number of rotatable bonds is 7. The van der Waals surface area contributed by atoms with Crippen molar-refractivity contribution in [2.75, 3.05) is 0 Å². The van der Waals surface area contributed by atoms with Crippen LogP contribution in [0.25, 0.3) is 144 Å². The molecule has 12 aromatic carbocycles. The number of para-hydroxylation sites is 8. The first-order valence-electron chi connectivity index (χ1n) is 32.3. The number of hydrogen-bond acceptors (Lipinski definition) is 7. The Morgan fingerprint density at radius 1 is 0.365 bits per heavy atom. The Hall–Kier alpha value is -10.5. The minimum atomic E-state index is -1.71. The third kappa shape index (κ3) is 12.5. The van der Waals surface area contributed by atoms with Crippen molar-refractivity contribution in [3.63, 3.8) is 0 Å². The summed E-state index contributed by atoms with van der Waals surface area (Å²) in [6.07, 6.45) is 1.10. The minimum Gasteiger partial charge on any atom is -1.00 e. The standard InChI is InChI=1S/C60H36N6.C13H10.C12H4F4N2.CH2O3.CH4.2K.H/c61-37-38-33-35-39(36-34-38)56-57(63-48-25-9-1-17-40(48)41-18-2-10-26-49(41)63)59(65-52-29-13-5-21-44(52)45-22-6-14-30-53(45)65)62-60(66-54-31-15-7-23-46(54)47-24-8-16-32-55(47)66)58(56)64-50-27-11-3-19-42(50)43-20-4-12-28-51(43)64;1-3-7-12-10(5-1)9-11-6-2-4-8-13(11)12;13-9-8(10(14)12(16)18-11(9)15)7-3-1-6(5-17)2-4-7;2-1-4-3;;;;/h1-36H;1-8H,9H2;1-4H;1,3H;1H4;;;/q;;;;;2*+1;-1/p-1. The van der Waals surface area contributed by atoms with Crippen molar-refractivity contribution < 1.29 is 137 Å². The van der Waals surface area contributed by atoms with Crippen LogP contribution in [-0.4, -0.2) is 34.7 Å². The van der Waals surface area contributed by atoms with Gasteiger partial charge >= 0.3 is 103 Å². The van der Waals surface area contributed by atoms with Gasteiger partial charge in [0.1, 0.15) is 11.4 Å². The molecular weight excluding hydrogens is 1360 g/mol. The summed E-state index contributed by atoms with van der Waals surface area (Å²) >= 11 is 0. The third-order valence-corrected chi connectivity index (χ3v) is 18.6. The van der Waals surface area contributed by atoms with Crippen LogP contribution in [0.1, 0.15) is 31.1 Å². The normalized spacial score (nSPS) is 11.1. The van der Waals surface area contributed by atoms with Gasteiger partial charge in [0, 0.05) is 48.7 Å². The molecule has 0 saturated heterocycles. The van der Waals surface area contributed by atoms with Gasteiger partial charge in [-0.15, -0.1) is 0 Å². The van der Waals surface area contributed by atoms with Crippen LogP contribution in [0.15, 0.2) is 291 Å². The predicted octanol–water partition coefficient (Wildman–Crippen LogP) is 14.6. The molecule has 0 N–H and O–H groups in total. The van der Waals surface area contributed by atoms with E-state index in [0.29, 0.717) is 5.56 Å². The topological polar surface area (TPSA) is 142 Å². The maximum Gasteiger partial charge on any atom is 1.00 e. The molecule has 19 rings (SSSR count). The van der Waals surface area contributed by atoms with E-state index in [1.165, 1.54) is 46.5 Å². The Kier molecular flexibility index (Phi) is 21.3. The molecule has 1 aliphatic carbocycles. The van der Waals surface area contributed by atoms with Gasteiger partial charge in [-0.2, -0.15) is 24.3 Å². The van der Waals surface area contributed by atoms with Gasteiger partial charge < -0.3 is 20.7 Å². The van der Waals surface area contributed by atoms with Crippen LogP contribution < -0.4 is 108 Å². The van der Waals surface area contributed by atoms with Crippen LogP contribution in [0.2, 0.25) is 0 Å². The van der Waals surface area contributed by atoms with E-state index in [-0.39, 0.29) is 129 Å². The van der Waals surface area contributed by atoms with Crippen LogP contribution in [0.3, 0.4) is 0 Å². The Morgan fingerprint density at radius 2 is 0.615 bits per heavy atom. The maximum atomic E-state index is 13.4. The second-order valence-electron chi connectivity index (χ2n) is 24.1. The van der Waals surface area contributed by atoms with Crippen molar-refractivity contribution in [1.29, 1.82) is 10.5 Å². The molecule has 0 unspecified atom stereocenters. The maximum absolute atomic E-state index is 13.4. The summed E-state index contributed by atoms with van der Waals surface area (Å²) in [5.74, 6) is -5.02. The van der Waals surface area contributed by atoms with E-state index in [1.807, 2.05) is 18.2 Å². The third-order valence-electron chi connectivity index (χ3n) is 18.6. The molecule has 0 bridgehead atoms. The summed E-state index contributed by atoms with van der Waals surface area (Å²) in [5, 5.41) is 36.4. The summed E-state index contributed by atoms with van der Waals surface area (Å²) in [4.78, 5) is 20.0. The summed E-state index contributed by atoms with van der Waals surface area (Å²) in [6, 6.07) is 104. The van der Waals surface area contributed by atoms with Gasteiger partial charge in [-0.25, -0.2) is 13.8 Å². The van der Waals surface area contributed by atoms with E-state index in [9.17, 15) is 22.8 Å². The number of carbonyl (C=O) groups excluding carboxylic acids is 1. The molecule has 0 saturated carbocycles. The molecule has 0 fully saturated rings. The largest absolute Gasteiger partial charge is 1.00 e. The molecule has 17 heteroatoms. The summed E-state index contributed by atoms with van der Waals surface area (Å²) in [5.41, 5.74) is 17.9. The predicted molar refractivity (Wildman–Crippen MR) is 396 cm³/mol. The van der Waals surface area contributed by atoms with E-state index in [2.05, 4.69) is 289 Å². The molecule has 1 aliphatic rings. The summed E-state index contributed by atoms with van der Waals surface area (Å²) in [6.45, 7) is -0.181. The van der Waals surface area contributed by atoms with Gasteiger partial charge in [0.05, 0.1) is 73.0 Å². The Morgan fingerprint density at radius 3 is 0.894 bits per heavy atom. The average molecular weight is 1420 g/mol. The van der Waals surface area contributed by atoms with Gasteiger partial charge in [0.2, 0.25) is 0 Å². The molecule has 0 spiro atoms. The number of nitriles is 2. The minimum absolute atomic E-state index is 0. The van der Waals surface area contributed by atoms with Gasteiger partial charge in [-0.05, 0) is 113 Å². The number of fused-ring (bicyclic) bond motifs is 15. The molecule has 104 heavy (non-hydrogen) atoms. The number of aromatic nitrogens is 6. The Labute approximate surface area is 680 Å². The first-order valence-corrected chi connectivity index (χ1v) is 32.3. The molecule has 0 radical (unpaired) electrons. The second-order valence-corrected chi connectivity index (χ2v) is 24.1. The molecule has 0 amide bonds. The molecule has 18 aromatic rings. The van der Waals surface area contributed by atoms with Crippen molar-refractivity contribution in [1.82, 2.24) is 28.2 Å². The monoisotopic (exact) mass is 1410 g/mol. The fraction of sp³-hybridized carbons (Fsp3) is 0.0230. The smallest absolute Gasteiger partial charge is 1.00 e. The van der Waals surface area contributed by atoms with Crippen LogP contribution >= 0.6 is 0 Å². The van der Waals surface area contributed by atoms with Crippen molar-refractivity contribution in [2.24, 2.45) is 0 Å². The fourth-order valence-electron chi connectivity index (χ4n) is 14.4. The zero-order valence-corrected chi connectivity index (χ0v) is 61.6. The quantitative estimate of drug-likeness (QED) is 0.0386. The average Bonchev–Trinajstić information content (AvgIpc) is 1.59. The van der Waals surface area contributed by atoms with Crippen molar-refractivity contribution in [3.05, 3.63) is 337 Å². The van der Waals surface area contributed by atoms with Crippen molar-refractivity contribution in [3.8, 4) is 68.5 Å². The number of carbonyl (C=O) groups is 1. The molecule has 6 heterocycles. The van der Waals surface area contributed by atoms with Crippen molar-refractivity contribution in [2.45, 2.75) is 13.8 Å². The van der Waals surface area contributed by atoms with Gasteiger partial charge in [0.25, 0.3) is 18.4 Å². The number of pyridine rings is 2. The molecular formula is C87H56F4K2N8O3. The van der Waals surface area contributed by atoms with Gasteiger partial charge in [0.15, 0.2) is 23.3 Å². The fourth-order valence-corrected chi connectivity index (χ4v) is 14.4. The van der Waals surface area contributed by atoms with Crippen molar-refractivity contribution >= 4 is 93.7 Å². The molecule has 11 nitrogen and oxygen atoms in total. The number of nitrogens with zero attached hydrogens (tertiary/aromatic N) is 8. The first-order chi connectivity index (χ1) is 49.7. The van der Waals surface area contributed by atoms with E-state index < -0.39 is 29.1 Å². The van der Waals surface area contributed by atoms with Gasteiger partial charge in [-0.1, -0.05) is 226 Å². The van der Waals surface area contributed by atoms with E-state index in [0.717, 1.165) is 128 Å². The molecule has 492 valence electrons. The van der Waals surface area contributed by atoms with E-state index in [4.69, 9.17) is 20.3 Å². The Bertz CT molecular complexity index is 5910. The van der Waals surface area contributed by atoms with Crippen LogP contribution in [0.5, 0.6) is 0 Å². The number of benzene rings is 12. The zero-order valence-electron chi connectivity index (χ0n) is 56.3. The zero-order chi connectivity index (χ0) is 68.8. The van der Waals surface area contributed by atoms with E-state index in [1.54, 1.807) is 0 Å². The number of hydrogen-bond donors (Lipinski definition) is 0. The van der Waals surface area contributed by atoms with E-state index >= 15 is 0 Å². The molecule has 6 aromatic heterocycles. The number of halogens is 4. The Balaban J connectivity index is 0.000000217. The second kappa shape index (κ2) is 30.9. The van der Waals surface area contributed by atoms with Crippen LogP contribution in [0.4, 0.5) is 17.6 Å². The molecule has 0 atom stereocenters. The first kappa shape index (κ1) is 71.9. The van der Waals surface area contributed by atoms with Crippen LogP contribution in [-0.2, 0) is 16.1 Å². The SMILES string of the molecule is C.N#Cc1ccc(-c2c(-n3c4ccccc4c4ccccc43)c(-n3c4ccccc4c4ccccc43)nc(-n3c4ccccc4c4ccccc43)c2-n2c3ccccc3c3ccccc32)cc1.N#Cc1ccc(-c2c(F)c(F)nc(F)c2F)cc1.O=CO[O-].[H-].[K+].[K+].c1ccc2c(c1)Cc1ccccc1-2. The summed E-state index contributed by atoms with van der Waals surface area (Å²) < 4.78 is 62.3. The van der Waals surface area contributed by atoms with Gasteiger partial charge in [-0.3, -0.25) is 13.9 Å². The molecule has 0 aliphatic heterocycles. The van der Waals surface area contributed by atoms with Crippen LogP contribution in [0, 0.1) is 46.2 Å². The summed E-state index contributed by atoms with van der Waals surface area (Å²) in [7, 11) is 0.